The van der Waals surface area contributed by atoms with E-state index in [-0.39, 0.29) is 17.2 Å². The largest absolute Gasteiger partial charge is 0.378 e. The molecule has 0 radical (unpaired) electrons. The number of hydrogen-bond donors (Lipinski definition) is 0. The molecule has 1 aromatic carbocycles. The van der Waals surface area contributed by atoms with Crippen LogP contribution in [0.3, 0.4) is 0 Å². The zero-order valence-electron chi connectivity index (χ0n) is 12.6. The highest BCUT2D eigenvalue weighted by Gasteiger charge is 2.36. The number of ether oxygens (including phenoxy) is 1. The maximum Gasteiger partial charge on any atom is 0.245 e. The highest BCUT2D eigenvalue weighted by atomic mass is 19.1. The van der Waals surface area contributed by atoms with Crippen LogP contribution >= 0.6 is 0 Å². The van der Waals surface area contributed by atoms with Gasteiger partial charge < -0.3 is 14.5 Å². The number of rotatable bonds is 2. The van der Waals surface area contributed by atoms with Crippen LogP contribution in [0.5, 0.6) is 0 Å². The van der Waals surface area contributed by atoms with Gasteiger partial charge in [0.05, 0.1) is 24.8 Å². The summed E-state index contributed by atoms with van der Waals surface area (Å²) in [5.74, 6) is -1.72. The van der Waals surface area contributed by atoms with Crippen molar-refractivity contribution in [3.63, 3.8) is 0 Å². The zero-order chi connectivity index (χ0) is 16.4. The van der Waals surface area contributed by atoms with Crippen LogP contribution in [0.15, 0.2) is 12.1 Å². The van der Waals surface area contributed by atoms with Crippen molar-refractivity contribution in [1.29, 1.82) is 5.26 Å². The van der Waals surface area contributed by atoms with Gasteiger partial charge in [0.25, 0.3) is 0 Å². The van der Waals surface area contributed by atoms with Crippen LogP contribution in [0, 0.1) is 23.0 Å². The summed E-state index contributed by atoms with van der Waals surface area (Å²) in [5.41, 5.74) is -0.285. The Bertz CT molecular complexity index is 630. The predicted molar refractivity (Wildman–Crippen MR) is 78.8 cm³/mol. The summed E-state index contributed by atoms with van der Waals surface area (Å²) in [7, 11) is 0. The number of hydrogen-bond acceptors (Lipinski definition) is 4. The van der Waals surface area contributed by atoms with Gasteiger partial charge in [0, 0.05) is 19.6 Å². The summed E-state index contributed by atoms with van der Waals surface area (Å²) < 4.78 is 33.7. The van der Waals surface area contributed by atoms with E-state index >= 15 is 0 Å². The number of nitriles is 1. The first-order chi connectivity index (χ1) is 11.1. The molecule has 0 aliphatic carbocycles. The van der Waals surface area contributed by atoms with Crippen LogP contribution in [0.2, 0.25) is 0 Å². The van der Waals surface area contributed by atoms with Gasteiger partial charge in [0.1, 0.15) is 11.7 Å². The lowest BCUT2D eigenvalue weighted by Gasteiger charge is -2.33. The van der Waals surface area contributed by atoms with Gasteiger partial charge in [-0.25, -0.2) is 8.78 Å². The monoisotopic (exact) mass is 321 g/mol. The van der Waals surface area contributed by atoms with Gasteiger partial charge in [-0.1, -0.05) is 0 Å². The average molecular weight is 321 g/mol. The fourth-order valence-corrected chi connectivity index (χ4v) is 3.19. The lowest BCUT2D eigenvalue weighted by Crippen LogP contribution is -2.50. The predicted octanol–water partition coefficient (Wildman–Crippen LogP) is 1.66. The van der Waals surface area contributed by atoms with Crippen molar-refractivity contribution in [2.75, 3.05) is 37.7 Å². The van der Waals surface area contributed by atoms with Crippen LogP contribution < -0.4 is 4.90 Å². The van der Waals surface area contributed by atoms with Crippen LogP contribution in [0.1, 0.15) is 18.4 Å². The summed E-state index contributed by atoms with van der Waals surface area (Å²) >= 11 is 0. The molecule has 2 aliphatic heterocycles. The second-order valence-corrected chi connectivity index (χ2v) is 5.69. The molecule has 23 heavy (non-hydrogen) atoms. The van der Waals surface area contributed by atoms with Gasteiger partial charge in [-0.05, 0) is 25.0 Å². The fourth-order valence-electron chi connectivity index (χ4n) is 3.19. The molecule has 1 atom stereocenters. The third-order valence-electron chi connectivity index (χ3n) is 4.29. The Hall–Kier alpha value is -2.20. The van der Waals surface area contributed by atoms with Crippen LogP contribution in [-0.4, -0.2) is 49.7 Å². The number of benzene rings is 1. The first-order valence-corrected chi connectivity index (χ1v) is 7.64. The molecule has 0 aromatic heterocycles. The molecule has 7 heteroatoms. The van der Waals surface area contributed by atoms with E-state index in [0.717, 1.165) is 12.1 Å². The van der Waals surface area contributed by atoms with Crippen LogP contribution in [-0.2, 0) is 9.53 Å². The molecule has 122 valence electrons. The van der Waals surface area contributed by atoms with Crippen molar-refractivity contribution in [3.05, 3.63) is 29.3 Å². The molecule has 5 nitrogen and oxygen atoms in total. The Morgan fingerprint density at radius 1 is 1.22 bits per heavy atom. The topological polar surface area (TPSA) is 56.6 Å². The molecule has 0 N–H and O–H groups in total. The normalized spacial score (nSPS) is 21.3. The molecule has 2 fully saturated rings. The standard InChI is InChI=1S/C16H17F2N3O2/c17-12-8-11(10-19)9-13(18)15(12)21-3-1-2-14(21)16(22)20-4-6-23-7-5-20/h8-9,14H,1-7H2/t14-/m0/s1. The zero-order valence-corrected chi connectivity index (χ0v) is 12.6. The lowest BCUT2D eigenvalue weighted by molar-refractivity contribution is -0.136. The molecule has 0 spiro atoms. The summed E-state index contributed by atoms with van der Waals surface area (Å²) in [6.45, 7) is 2.39. The number of carbonyl (C=O) groups is 1. The van der Waals surface area contributed by atoms with Gasteiger partial charge in [0.2, 0.25) is 5.91 Å². The number of morpholine rings is 1. The molecule has 1 amide bonds. The van der Waals surface area contributed by atoms with Gasteiger partial charge in [0.15, 0.2) is 11.6 Å². The highest BCUT2D eigenvalue weighted by molar-refractivity contribution is 5.86. The lowest BCUT2D eigenvalue weighted by atomic mass is 10.1. The van der Waals surface area contributed by atoms with Gasteiger partial charge >= 0.3 is 0 Å². The summed E-state index contributed by atoms with van der Waals surface area (Å²) in [5, 5.41) is 8.78. The van der Waals surface area contributed by atoms with Crippen LogP contribution in [0.4, 0.5) is 14.5 Å². The number of nitrogens with zero attached hydrogens (tertiary/aromatic N) is 3. The van der Waals surface area contributed by atoms with E-state index in [1.807, 2.05) is 0 Å². The minimum Gasteiger partial charge on any atom is -0.378 e. The third-order valence-corrected chi connectivity index (χ3v) is 4.29. The molecule has 2 aliphatic rings. The van der Waals surface area contributed by atoms with Crippen LogP contribution in [0.25, 0.3) is 0 Å². The van der Waals surface area contributed by atoms with Crippen molar-refractivity contribution < 1.29 is 18.3 Å². The van der Waals surface area contributed by atoms with Crippen molar-refractivity contribution in [2.45, 2.75) is 18.9 Å². The smallest absolute Gasteiger partial charge is 0.245 e. The molecule has 2 heterocycles. The van der Waals surface area contributed by atoms with Crippen molar-refractivity contribution in [2.24, 2.45) is 0 Å². The van der Waals surface area contributed by atoms with Crippen molar-refractivity contribution >= 4 is 11.6 Å². The van der Waals surface area contributed by atoms with E-state index in [1.54, 1.807) is 11.0 Å². The summed E-state index contributed by atoms with van der Waals surface area (Å²) in [6, 6.07) is 3.17. The first-order valence-electron chi connectivity index (χ1n) is 7.64. The first kappa shape index (κ1) is 15.7. The quantitative estimate of drug-likeness (QED) is 0.831. The molecule has 0 bridgehead atoms. The number of anilines is 1. The summed E-state index contributed by atoms with van der Waals surface area (Å²) in [4.78, 5) is 15.8. The minimum atomic E-state index is -0.803. The maximum atomic E-state index is 14.3. The van der Waals surface area contributed by atoms with Crippen molar-refractivity contribution in [3.8, 4) is 6.07 Å². The average Bonchev–Trinajstić information content (AvgIpc) is 3.03. The van der Waals surface area contributed by atoms with E-state index in [1.165, 1.54) is 4.90 Å². The Morgan fingerprint density at radius 3 is 2.48 bits per heavy atom. The minimum absolute atomic E-state index is 0.0704. The Morgan fingerprint density at radius 2 is 1.87 bits per heavy atom. The fraction of sp³-hybridized carbons (Fsp3) is 0.500. The van der Waals surface area contributed by atoms with Crippen molar-refractivity contribution in [1.82, 2.24) is 4.90 Å². The maximum absolute atomic E-state index is 14.3. The molecular formula is C16H17F2N3O2. The number of halogens is 2. The van der Waals surface area contributed by atoms with Gasteiger partial charge in [-0.15, -0.1) is 0 Å². The molecule has 0 saturated carbocycles. The van der Waals surface area contributed by atoms with E-state index in [2.05, 4.69) is 0 Å². The number of carbonyl (C=O) groups excluding carboxylic acids is 1. The summed E-state index contributed by atoms with van der Waals surface area (Å²) in [6.07, 6.45) is 1.26. The Labute approximate surface area is 133 Å². The Balaban J connectivity index is 1.87. The molecule has 1 aromatic rings. The van der Waals surface area contributed by atoms with Gasteiger partial charge in [-0.2, -0.15) is 5.26 Å². The molecule has 0 unspecified atom stereocenters. The van der Waals surface area contributed by atoms with Gasteiger partial charge in [-0.3, -0.25) is 4.79 Å². The van der Waals surface area contributed by atoms with E-state index in [0.29, 0.717) is 45.7 Å². The van der Waals surface area contributed by atoms with E-state index in [4.69, 9.17) is 10.00 Å². The molecule has 2 saturated heterocycles. The van der Waals surface area contributed by atoms with E-state index in [9.17, 15) is 13.6 Å². The third kappa shape index (κ3) is 2.99. The van der Waals surface area contributed by atoms with E-state index < -0.39 is 17.7 Å². The highest BCUT2D eigenvalue weighted by Crippen LogP contribution is 2.32. The second kappa shape index (κ2) is 6.50. The SMILES string of the molecule is N#Cc1cc(F)c(N2CCC[C@H]2C(=O)N2CCOCC2)c(F)c1. The molecular weight excluding hydrogens is 304 g/mol. The number of amides is 1. The Kier molecular flexibility index (Phi) is 4.44. The molecule has 3 rings (SSSR count). The second-order valence-electron chi connectivity index (χ2n) is 5.69.